The van der Waals surface area contributed by atoms with Crippen LogP contribution < -0.4 is 4.74 Å². The van der Waals surface area contributed by atoms with E-state index in [1.807, 2.05) is 18.2 Å². The zero-order valence-electron chi connectivity index (χ0n) is 17.3. The molecule has 0 amide bonds. The van der Waals surface area contributed by atoms with Gasteiger partial charge in [0, 0.05) is 29.9 Å². The highest BCUT2D eigenvalue weighted by Crippen LogP contribution is 2.36. The topological polar surface area (TPSA) is 38.5 Å². The Morgan fingerprint density at radius 3 is 2.50 bits per heavy atom. The summed E-state index contributed by atoms with van der Waals surface area (Å²) in [6.45, 7) is 3.15. The van der Waals surface area contributed by atoms with E-state index in [1.165, 1.54) is 24.0 Å². The summed E-state index contributed by atoms with van der Waals surface area (Å²) in [7, 11) is 1.69. The monoisotopic (exact) mass is 398 g/mol. The van der Waals surface area contributed by atoms with Crippen molar-refractivity contribution in [1.82, 2.24) is 9.88 Å². The number of benzene rings is 2. The van der Waals surface area contributed by atoms with E-state index < -0.39 is 0 Å². The first kappa shape index (κ1) is 18.9. The molecule has 4 aromatic rings. The van der Waals surface area contributed by atoms with Crippen LogP contribution in [0.1, 0.15) is 29.9 Å². The number of aromatic nitrogens is 1. The van der Waals surface area contributed by atoms with Gasteiger partial charge in [-0.2, -0.15) is 0 Å². The average molecular weight is 399 g/mol. The number of ether oxygens (including phenoxy) is 1. The molecule has 0 aliphatic carbocycles. The fourth-order valence-corrected chi connectivity index (χ4v) is 4.50. The summed E-state index contributed by atoms with van der Waals surface area (Å²) in [5, 5.41) is 1.13. The van der Waals surface area contributed by atoms with Gasteiger partial charge in [-0.05, 0) is 67.2 Å². The number of likely N-dealkylation sites (tertiary alicyclic amines) is 1. The molecule has 0 radical (unpaired) electrons. The lowest BCUT2D eigenvalue weighted by atomic mass is 9.89. The maximum atomic E-state index is 6.21. The molecule has 1 aliphatic rings. The largest absolute Gasteiger partial charge is 0.493 e. The Kier molecular flexibility index (Phi) is 5.24. The van der Waals surface area contributed by atoms with Crippen molar-refractivity contribution < 1.29 is 9.15 Å². The first-order valence-corrected chi connectivity index (χ1v) is 10.6. The van der Waals surface area contributed by atoms with Crippen LogP contribution in [-0.2, 0) is 6.54 Å². The highest BCUT2D eigenvalue weighted by atomic mass is 16.5. The normalized spacial score (nSPS) is 15.5. The number of furan rings is 1. The predicted molar refractivity (Wildman–Crippen MR) is 120 cm³/mol. The molecule has 3 heterocycles. The van der Waals surface area contributed by atoms with Gasteiger partial charge in [-0.1, -0.05) is 36.4 Å². The maximum Gasteiger partial charge on any atom is 0.176 e. The Morgan fingerprint density at radius 2 is 1.77 bits per heavy atom. The SMILES string of the molecule is COc1ccc(CN2CCC(c3ccccc3)CC2)c2cc(-c3ccncc3)oc12. The molecule has 2 aromatic heterocycles. The third-order valence-electron chi connectivity index (χ3n) is 6.17. The molecule has 152 valence electrons. The van der Waals surface area contributed by atoms with Crippen molar-refractivity contribution in [3.8, 4) is 17.1 Å². The van der Waals surface area contributed by atoms with Gasteiger partial charge in [0.15, 0.2) is 11.3 Å². The van der Waals surface area contributed by atoms with Gasteiger partial charge in [0.05, 0.1) is 7.11 Å². The van der Waals surface area contributed by atoms with Crippen LogP contribution in [0.15, 0.2) is 77.5 Å². The zero-order valence-corrected chi connectivity index (χ0v) is 17.3. The molecule has 4 heteroatoms. The van der Waals surface area contributed by atoms with Gasteiger partial charge >= 0.3 is 0 Å². The molecule has 4 nitrogen and oxygen atoms in total. The summed E-state index contributed by atoms with van der Waals surface area (Å²) in [5.41, 5.74) is 4.60. The van der Waals surface area contributed by atoms with E-state index in [1.54, 1.807) is 19.5 Å². The van der Waals surface area contributed by atoms with E-state index in [9.17, 15) is 0 Å². The number of rotatable bonds is 5. The lowest BCUT2D eigenvalue weighted by Gasteiger charge is -2.32. The molecule has 1 aliphatic heterocycles. The molecule has 0 bridgehead atoms. The molecule has 0 atom stereocenters. The van der Waals surface area contributed by atoms with Crippen molar-refractivity contribution in [2.75, 3.05) is 20.2 Å². The molecule has 30 heavy (non-hydrogen) atoms. The van der Waals surface area contributed by atoms with Gasteiger partial charge in [-0.25, -0.2) is 0 Å². The summed E-state index contributed by atoms with van der Waals surface area (Å²) in [6.07, 6.45) is 5.99. The molecule has 5 rings (SSSR count). The average Bonchev–Trinajstić information content (AvgIpc) is 3.27. The maximum absolute atomic E-state index is 6.21. The molecular formula is C26H26N2O2. The van der Waals surface area contributed by atoms with Gasteiger partial charge in [0.1, 0.15) is 5.76 Å². The lowest BCUT2D eigenvalue weighted by Crippen LogP contribution is -2.32. The Bertz CT molecular complexity index is 1110. The number of pyridine rings is 1. The summed E-state index contributed by atoms with van der Waals surface area (Å²) in [4.78, 5) is 6.66. The summed E-state index contributed by atoms with van der Waals surface area (Å²) >= 11 is 0. The van der Waals surface area contributed by atoms with E-state index >= 15 is 0 Å². The minimum atomic E-state index is 0.672. The van der Waals surface area contributed by atoms with Crippen LogP contribution in [0.2, 0.25) is 0 Å². The minimum Gasteiger partial charge on any atom is -0.493 e. The smallest absolute Gasteiger partial charge is 0.176 e. The highest BCUT2D eigenvalue weighted by molar-refractivity contribution is 5.90. The molecule has 1 fully saturated rings. The molecule has 0 N–H and O–H groups in total. The van der Waals surface area contributed by atoms with E-state index in [0.29, 0.717) is 5.92 Å². The number of nitrogens with zero attached hydrogens (tertiary/aromatic N) is 2. The van der Waals surface area contributed by atoms with Gasteiger partial charge < -0.3 is 9.15 Å². The van der Waals surface area contributed by atoms with Crippen molar-refractivity contribution in [2.45, 2.75) is 25.3 Å². The number of hydrogen-bond donors (Lipinski definition) is 0. The van der Waals surface area contributed by atoms with Crippen molar-refractivity contribution in [3.05, 3.63) is 84.2 Å². The predicted octanol–water partition coefficient (Wildman–Crippen LogP) is 5.88. The number of hydrogen-bond acceptors (Lipinski definition) is 4. The summed E-state index contributed by atoms with van der Waals surface area (Å²) < 4.78 is 11.8. The fourth-order valence-electron chi connectivity index (χ4n) is 4.50. The van der Waals surface area contributed by atoms with Crippen LogP contribution in [0.4, 0.5) is 0 Å². The zero-order chi connectivity index (χ0) is 20.3. The number of fused-ring (bicyclic) bond motifs is 1. The van der Waals surface area contributed by atoms with E-state index in [-0.39, 0.29) is 0 Å². The Labute approximate surface area is 177 Å². The first-order chi connectivity index (χ1) is 14.8. The third-order valence-corrected chi connectivity index (χ3v) is 6.17. The van der Waals surface area contributed by atoms with Crippen LogP contribution in [-0.4, -0.2) is 30.1 Å². The van der Waals surface area contributed by atoms with Crippen LogP contribution in [0.25, 0.3) is 22.3 Å². The molecule has 2 aromatic carbocycles. The highest BCUT2D eigenvalue weighted by Gasteiger charge is 2.22. The second-order valence-electron chi connectivity index (χ2n) is 7.98. The van der Waals surface area contributed by atoms with Crippen molar-refractivity contribution in [2.24, 2.45) is 0 Å². The molecule has 0 saturated carbocycles. The summed E-state index contributed by atoms with van der Waals surface area (Å²) in [5.74, 6) is 2.29. The van der Waals surface area contributed by atoms with Gasteiger partial charge in [-0.15, -0.1) is 0 Å². The minimum absolute atomic E-state index is 0.672. The molecule has 1 saturated heterocycles. The molecule has 0 unspecified atom stereocenters. The van der Waals surface area contributed by atoms with Crippen LogP contribution in [0.5, 0.6) is 5.75 Å². The Hall–Kier alpha value is -3.11. The Balaban J connectivity index is 1.38. The van der Waals surface area contributed by atoms with Crippen LogP contribution in [0.3, 0.4) is 0 Å². The van der Waals surface area contributed by atoms with Crippen molar-refractivity contribution >= 4 is 11.0 Å². The van der Waals surface area contributed by atoms with Crippen molar-refractivity contribution in [3.63, 3.8) is 0 Å². The van der Waals surface area contributed by atoms with Gasteiger partial charge in [0.25, 0.3) is 0 Å². The third kappa shape index (κ3) is 3.71. The second-order valence-corrected chi connectivity index (χ2v) is 7.98. The van der Waals surface area contributed by atoms with Crippen LogP contribution in [0, 0.1) is 0 Å². The second kappa shape index (κ2) is 8.33. The number of methoxy groups -OCH3 is 1. The van der Waals surface area contributed by atoms with E-state index in [0.717, 1.165) is 47.7 Å². The standard InChI is InChI=1S/C26H26N2O2/c1-29-24-8-7-22(23-17-25(30-26(23)24)21-9-13-27-14-10-21)18-28-15-11-20(12-16-28)19-5-3-2-4-6-19/h2-10,13-14,17,20H,11-12,15-16,18H2,1H3. The quantitative estimate of drug-likeness (QED) is 0.421. The van der Waals surface area contributed by atoms with Crippen LogP contribution >= 0.6 is 0 Å². The summed E-state index contributed by atoms with van der Waals surface area (Å²) in [6, 6.07) is 21.2. The van der Waals surface area contributed by atoms with Crippen molar-refractivity contribution in [1.29, 1.82) is 0 Å². The fraction of sp³-hybridized carbons (Fsp3) is 0.269. The van der Waals surface area contributed by atoms with E-state index in [2.05, 4.69) is 52.3 Å². The Morgan fingerprint density at radius 1 is 1.00 bits per heavy atom. The molecular weight excluding hydrogens is 372 g/mol. The molecule has 0 spiro atoms. The lowest BCUT2D eigenvalue weighted by molar-refractivity contribution is 0.205. The number of piperidine rings is 1. The first-order valence-electron chi connectivity index (χ1n) is 10.6. The van der Waals surface area contributed by atoms with Gasteiger partial charge in [0.2, 0.25) is 0 Å². The van der Waals surface area contributed by atoms with E-state index in [4.69, 9.17) is 9.15 Å². The van der Waals surface area contributed by atoms with Gasteiger partial charge in [-0.3, -0.25) is 9.88 Å².